The summed E-state index contributed by atoms with van der Waals surface area (Å²) in [5.74, 6) is 1.83. The molecule has 0 radical (unpaired) electrons. The molecule has 94 valence electrons. The maximum atomic E-state index is 5.51. The van der Waals surface area contributed by atoms with Gasteiger partial charge in [-0.25, -0.2) is 4.98 Å². The fourth-order valence-corrected chi connectivity index (χ4v) is 3.30. The molecule has 2 aliphatic rings. The molecule has 3 heterocycles. The zero-order valence-corrected chi connectivity index (χ0v) is 10.5. The molecule has 0 amide bonds. The second-order valence-corrected chi connectivity index (χ2v) is 5.22. The average Bonchev–Trinajstić information content (AvgIpc) is 2.82. The van der Waals surface area contributed by atoms with E-state index in [4.69, 9.17) is 4.74 Å². The summed E-state index contributed by atoms with van der Waals surface area (Å²) >= 11 is 0. The van der Waals surface area contributed by atoms with Crippen molar-refractivity contribution in [1.29, 1.82) is 0 Å². The van der Waals surface area contributed by atoms with Crippen molar-refractivity contribution in [2.45, 2.75) is 57.3 Å². The number of aromatic amines is 1. The number of rotatable bonds is 3. The zero-order chi connectivity index (χ0) is 11.8. The second-order valence-electron chi connectivity index (χ2n) is 5.22. The predicted octanol–water partition coefficient (Wildman–Crippen LogP) is 1.25. The van der Waals surface area contributed by atoms with Crippen LogP contribution in [0.15, 0.2) is 0 Å². The van der Waals surface area contributed by atoms with Gasteiger partial charge < -0.3 is 4.74 Å². The molecule has 0 aliphatic carbocycles. The maximum Gasteiger partial charge on any atom is 0.164 e. The highest BCUT2D eigenvalue weighted by Crippen LogP contribution is 2.37. The molecule has 1 N–H and O–H groups in total. The molecule has 5 nitrogen and oxygen atoms in total. The van der Waals surface area contributed by atoms with Crippen LogP contribution in [0.5, 0.6) is 0 Å². The number of aryl methyl sites for hydroxylation is 1. The SMILES string of the molecule is COC1C[C@H]2CC[C@@H](C1)N2Cc1n[nH]c(C)n1. The third-order valence-corrected chi connectivity index (χ3v) is 4.14. The number of piperidine rings is 1. The van der Waals surface area contributed by atoms with E-state index in [1.165, 1.54) is 12.8 Å². The van der Waals surface area contributed by atoms with Gasteiger partial charge in [-0.15, -0.1) is 0 Å². The molecule has 0 aromatic carbocycles. The molecule has 3 atom stereocenters. The molecule has 1 aromatic rings. The fraction of sp³-hybridized carbons (Fsp3) is 0.833. The Morgan fingerprint density at radius 1 is 1.35 bits per heavy atom. The van der Waals surface area contributed by atoms with E-state index in [-0.39, 0.29) is 0 Å². The van der Waals surface area contributed by atoms with Gasteiger partial charge in [0.2, 0.25) is 0 Å². The van der Waals surface area contributed by atoms with E-state index >= 15 is 0 Å². The van der Waals surface area contributed by atoms with Gasteiger partial charge in [0, 0.05) is 19.2 Å². The lowest BCUT2D eigenvalue weighted by atomic mass is 10.00. The molecule has 1 unspecified atom stereocenters. The van der Waals surface area contributed by atoms with Crippen LogP contribution in [0.2, 0.25) is 0 Å². The first-order valence-corrected chi connectivity index (χ1v) is 6.42. The molecular weight excluding hydrogens is 216 g/mol. The first kappa shape index (κ1) is 11.2. The normalized spacial score (nSPS) is 33.2. The van der Waals surface area contributed by atoms with Crippen LogP contribution in [0.1, 0.15) is 37.3 Å². The van der Waals surface area contributed by atoms with Crippen molar-refractivity contribution in [2.75, 3.05) is 7.11 Å². The van der Waals surface area contributed by atoms with Crippen molar-refractivity contribution in [2.24, 2.45) is 0 Å². The van der Waals surface area contributed by atoms with E-state index < -0.39 is 0 Å². The monoisotopic (exact) mass is 236 g/mol. The van der Waals surface area contributed by atoms with Crippen LogP contribution < -0.4 is 0 Å². The summed E-state index contributed by atoms with van der Waals surface area (Å²) in [7, 11) is 1.83. The molecule has 17 heavy (non-hydrogen) atoms. The molecule has 2 fully saturated rings. The number of hydrogen-bond donors (Lipinski definition) is 1. The number of nitrogens with zero attached hydrogens (tertiary/aromatic N) is 3. The molecule has 2 aliphatic heterocycles. The summed E-state index contributed by atoms with van der Waals surface area (Å²) in [6.45, 7) is 2.83. The molecule has 3 rings (SSSR count). The van der Waals surface area contributed by atoms with Gasteiger partial charge in [-0.3, -0.25) is 10.00 Å². The number of ether oxygens (including phenoxy) is 1. The van der Waals surface area contributed by atoms with Gasteiger partial charge in [-0.2, -0.15) is 5.10 Å². The fourth-order valence-electron chi connectivity index (χ4n) is 3.30. The van der Waals surface area contributed by atoms with E-state index in [9.17, 15) is 0 Å². The molecule has 5 heteroatoms. The summed E-state index contributed by atoms with van der Waals surface area (Å²) in [4.78, 5) is 6.97. The molecule has 2 bridgehead atoms. The van der Waals surface area contributed by atoms with Crippen LogP contribution in [-0.2, 0) is 11.3 Å². The van der Waals surface area contributed by atoms with Crippen LogP contribution in [0, 0.1) is 6.92 Å². The number of fused-ring (bicyclic) bond motifs is 2. The van der Waals surface area contributed by atoms with E-state index in [2.05, 4.69) is 20.1 Å². The minimum atomic E-state index is 0.456. The Hall–Kier alpha value is -0.940. The van der Waals surface area contributed by atoms with Crippen molar-refractivity contribution in [3.8, 4) is 0 Å². The van der Waals surface area contributed by atoms with Crippen LogP contribution in [-0.4, -0.2) is 45.4 Å². The number of H-pyrrole nitrogens is 1. The van der Waals surface area contributed by atoms with Gasteiger partial charge in [0.15, 0.2) is 5.82 Å². The van der Waals surface area contributed by atoms with Gasteiger partial charge in [-0.1, -0.05) is 0 Å². The van der Waals surface area contributed by atoms with E-state index in [1.807, 2.05) is 14.0 Å². The topological polar surface area (TPSA) is 54.0 Å². The molecule has 0 spiro atoms. The van der Waals surface area contributed by atoms with E-state index in [0.29, 0.717) is 18.2 Å². The average molecular weight is 236 g/mol. The molecule has 2 saturated heterocycles. The standard InChI is InChI=1S/C12H20N4O/c1-8-13-12(15-14-8)7-16-9-3-4-10(16)6-11(5-9)17-2/h9-11H,3-7H2,1-2H3,(H,13,14,15)/t9-,10+,11?. The van der Waals surface area contributed by atoms with Crippen LogP contribution >= 0.6 is 0 Å². The van der Waals surface area contributed by atoms with Gasteiger partial charge in [-0.05, 0) is 32.6 Å². The Bertz CT molecular complexity index is 378. The van der Waals surface area contributed by atoms with Gasteiger partial charge in [0.05, 0.1) is 12.6 Å². The molecule has 1 aromatic heterocycles. The summed E-state index contributed by atoms with van der Waals surface area (Å²) < 4.78 is 5.51. The smallest absolute Gasteiger partial charge is 0.164 e. The first-order chi connectivity index (χ1) is 8.26. The van der Waals surface area contributed by atoms with Gasteiger partial charge in [0.1, 0.15) is 5.82 Å². The van der Waals surface area contributed by atoms with Gasteiger partial charge >= 0.3 is 0 Å². The molecule has 0 saturated carbocycles. The number of aromatic nitrogens is 3. The van der Waals surface area contributed by atoms with Crippen molar-refractivity contribution < 1.29 is 4.74 Å². The van der Waals surface area contributed by atoms with Gasteiger partial charge in [0.25, 0.3) is 0 Å². The Labute approximate surface area is 102 Å². The van der Waals surface area contributed by atoms with Crippen molar-refractivity contribution >= 4 is 0 Å². The quantitative estimate of drug-likeness (QED) is 0.858. The number of hydrogen-bond acceptors (Lipinski definition) is 4. The largest absolute Gasteiger partial charge is 0.381 e. The van der Waals surface area contributed by atoms with Crippen LogP contribution in [0.4, 0.5) is 0 Å². The Morgan fingerprint density at radius 3 is 2.59 bits per heavy atom. The summed E-state index contributed by atoms with van der Waals surface area (Å²) in [6, 6.07) is 1.33. The van der Waals surface area contributed by atoms with E-state index in [1.54, 1.807) is 0 Å². The predicted molar refractivity (Wildman–Crippen MR) is 63.5 cm³/mol. The zero-order valence-electron chi connectivity index (χ0n) is 10.5. The van der Waals surface area contributed by atoms with Crippen molar-refractivity contribution in [3.63, 3.8) is 0 Å². The van der Waals surface area contributed by atoms with Crippen LogP contribution in [0.3, 0.4) is 0 Å². The Kier molecular flexibility index (Phi) is 2.88. The first-order valence-electron chi connectivity index (χ1n) is 6.42. The van der Waals surface area contributed by atoms with Crippen LogP contribution in [0.25, 0.3) is 0 Å². The highest BCUT2D eigenvalue weighted by atomic mass is 16.5. The van der Waals surface area contributed by atoms with Crippen molar-refractivity contribution in [1.82, 2.24) is 20.1 Å². The molecular formula is C12H20N4O. The highest BCUT2D eigenvalue weighted by Gasteiger charge is 2.40. The third-order valence-electron chi connectivity index (χ3n) is 4.14. The Balaban J connectivity index is 1.69. The summed E-state index contributed by atoms with van der Waals surface area (Å²) in [5.41, 5.74) is 0. The summed E-state index contributed by atoms with van der Waals surface area (Å²) in [5, 5.41) is 7.15. The second kappa shape index (κ2) is 4.38. The third kappa shape index (κ3) is 2.09. The highest BCUT2D eigenvalue weighted by molar-refractivity contribution is 4.98. The lowest BCUT2D eigenvalue weighted by Gasteiger charge is -2.37. The minimum absolute atomic E-state index is 0.456. The number of methoxy groups -OCH3 is 1. The van der Waals surface area contributed by atoms with Crippen molar-refractivity contribution in [3.05, 3.63) is 11.6 Å². The number of nitrogens with one attached hydrogen (secondary N) is 1. The lowest BCUT2D eigenvalue weighted by molar-refractivity contribution is 0.00159. The van der Waals surface area contributed by atoms with E-state index in [0.717, 1.165) is 31.0 Å². The summed E-state index contributed by atoms with van der Waals surface area (Å²) in [6.07, 6.45) is 5.38. The minimum Gasteiger partial charge on any atom is -0.381 e. The lowest BCUT2D eigenvalue weighted by Crippen LogP contribution is -2.44. The maximum absolute atomic E-state index is 5.51. The Morgan fingerprint density at radius 2 is 2.06 bits per heavy atom.